The van der Waals surface area contributed by atoms with Gasteiger partial charge in [-0.2, -0.15) is 0 Å². The Morgan fingerprint density at radius 2 is 2.11 bits per heavy atom. The summed E-state index contributed by atoms with van der Waals surface area (Å²) < 4.78 is 2.70. The number of halogens is 1. The van der Waals surface area contributed by atoms with E-state index in [0.29, 0.717) is 0 Å². The predicted octanol–water partition coefficient (Wildman–Crippen LogP) is 3.85. The van der Waals surface area contributed by atoms with E-state index in [1.54, 1.807) is 6.20 Å². The van der Waals surface area contributed by atoms with Crippen molar-refractivity contribution in [1.29, 1.82) is 0 Å². The summed E-state index contributed by atoms with van der Waals surface area (Å²) in [6.45, 7) is 4.15. The molecule has 0 aliphatic heterocycles. The van der Waals surface area contributed by atoms with Crippen molar-refractivity contribution in [2.24, 2.45) is 0 Å². The maximum absolute atomic E-state index is 4.46. The molecule has 0 saturated heterocycles. The van der Waals surface area contributed by atoms with Gasteiger partial charge in [-0.1, -0.05) is 12.1 Å². The van der Waals surface area contributed by atoms with Gasteiger partial charge in [0.25, 0.3) is 0 Å². The highest BCUT2D eigenvalue weighted by molar-refractivity contribution is 9.10. The van der Waals surface area contributed by atoms with Crippen LogP contribution in [-0.2, 0) is 0 Å². The van der Waals surface area contributed by atoms with E-state index in [1.165, 1.54) is 11.1 Å². The Balaban J connectivity index is 2.10. The monoisotopic (exact) mass is 316 g/mol. The average molecular weight is 317 g/mol. The minimum Gasteiger partial charge on any atom is -0.337 e. The summed E-state index contributed by atoms with van der Waals surface area (Å²) in [6.07, 6.45) is 5.55. The molecule has 0 radical (unpaired) electrons. The molecular formula is C14H13BrN4. The summed E-state index contributed by atoms with van der Waals surface area (Å²) >= 11 is 3.41. The molecule has 96 valence electrons. The topological polar surface area (TPSA) is 42.2 Å². The molecule has 5 heteroatoms. The number of imidazole rings is 1. The highest BCUT2D eigenvalue weighted by Gasteiger charge is 2.08. The molecule has 0 fully saturated rings. The van der Waals surface area contributed by atoms with Crippen molar-refractivity contribution >= 4 is 33.1 Å². The molecule has 0 amide bonds. The van der Waals surface area contributed by atoms with E-state index >= 15 is 0 Å². The molecule has 0 spiro atoms. The maximum Gasteiger partial charge on any atom is 0.180 e. The zero-order valence-electron chi connectivity index (χ0n) is 10.7. The Kier molecular flexibility index (Phi) is 2.98. The van der Waals surface area contributed by atoms with E-state index < -0.39 is 0 Å². The average Bonchev–Trinajstić information content (AvgIpc) is 2.82. The molecule has 1 aromatic carbocycles. The summed E-state index contributed by atoms with van der Waals surface area (Å²) in [4.78, 5) is 8.79. The van der Waals surface area contributed by atoms with Crippen LogP contribution in [0, 0.1) is 13.8 Å². The number of rotatable bonds is 2. The largest absolute Gasteiger partial charge is 0.337 e. The highest BCUT2D eigenvalue weighted by Crippen LogP contribution is 2.24. The fraction of sp³-hybridized carbons (Fsp3) is 0.143. The Hall–Kier alpha value is -1.88. The standard InChI is InChI=1S/C14H13BrN4/c1-9-3-4-10(2)11(7-9)17-13-14-16-5-6-19(14)8-12(15)18-13/h3-8H,1-2H3,(H,17,18). The van der Waals surface area contributed by atoms with Gasteiger partial charge in [0.05, 0.1) is 0 Å². The van der Waals surface area contributed by atoms with E-state index in [-0.39, 0.29) is 0 Å². The number of nitrogens with one attached hydrogen (secondary N) is 1. The molecule has 1 N–H and O–H groups in total. The van der Waals surface area contributed by atoms with Crippen LogP contribution in [0.5, 0.6) is 0 Å². The minimum absolute atomic E-state index is 0.744. The Labute approximate surface area is 119 Å². The van der Waals surface area contributed by atoms with Crippen LogP contribution in [0.25, 0.3) is 5.65 Å². The van der Waals surface area contributed by atoms with Crippen LogP contribution in [0.1, 0.15) is 11.1 Å². The smallest absolute Gasteiger partial charge is 0.180 e. The van der Waals surface area contributed by atoms with Gasteiger partial charge in [-0.05, 0) is 47.0 Å². The normalized spacial score (nSPS) is 10.9. The zero-order valence-corrected chi connectivity index (χ0v) is 12.3. The third-order valence-electron chi connectivity index (χ3n) is 2.99. The van der Waals surface area contributed by atoms with Gasteiger partial charge in [0.1, 0.15) is 4.60 Å². The van der Waals surface area contributed by atoms with Gasteiger partial charge in [-0.15, -0.1) is 0 Å². The second kappa shape index (κ2) is 4.66. The van der Waals surface area contributed by atoms with Crippen LogP contribution in [-0.4, -0.2) is 14.4 Å². The molecule has 0 unspecified atom stereocenters. The van der Waals surface area contributed by atoms with Crippen molar-refractivity contribution < 1.29 is 0 Å². The van der Waals surface area contributed by atoms with Crippen LogP contribution in [0.15, 0.2) is 41.4 Å². The Morgan fingerprint density at radius 3 is 2.95 bits per heavy atom. The molecule has 0 aliphatic carbocycles. The molecular weight excluding hydrogens is 304 g/mol. The number of benzene rings is 1. The van der Waals surface area contributed by atoms with Gasteiger partial charge in [0.2, 0.25) is 0 Å². The first kappa shape index (κ1) is 12.2. The highest BCUT2D eigenvalue weighted by atomic mass is 79.9. The molecule has 2 aromatic heterocycles. The summed E-state index contributed by atoms with van der Waals surface area (Å²) in [5.74, 6) is 0.744. The van der Waals surface area contributed by atoms with E-state index in [9.17, 15) is 0 Å². The molecule has 0 aliphatic rings. The summed E-state index contributed by atoms with van der Waals surface area (Å²) in [5, 5.41) is 3.36. The molecule has 19 heavy (non-hydrogen) atoms. The summed E-state index contributed by atoms with van der Waals surface area (Å²) in [7, 11) is 0. The first-order valence-electron chi connectivity index (χ1n) is 5.97. The zero-order chi connectivity index (χ0) is 13.4. The lowest BCUT2D eigenvalue weighted by Crippen LogP contribution is -2.00. The van der Waals surface area contributed by atoms with Crippen LogP contribution >= 0.6 is 15.9 Å². The lowest BCUT2D eigenvalue weighted by Gasteiger charge is -2.11. The first-order chi connectivity index (χ1) is 9.13. The quantitative estimate of drug-likeness (QED) is 0.780. The van der Waals surface area contributed by atoms with Crippen molar-refractivity contribution in [1.82, 2.24) is 14.4 Å². The summed E-state index contributed by atoms with van der Waals surface area (Å²) in [5.41, 5.74) is 4.25. The van der Waals surface area contributed by atoms with Crippen molar-refractivity contribution in [3.05, 3.63) is 52.5 Å². The maximum atomic E-state index is 4.46. The van der Waals surface area contributed by atoms with Gasteiger partial charge in [0.15, 0.2) is 11.5 Å². The van der Waals surface area contributed by atoms with Gasteiger partial charge in [-0.3, -0.25) is 0 Å². The van der Waals surface area contributed by atoms with E-state index in [2.05, 4.69) is 63.3 Å². The fourth-order valence-electron chi connectivity index (χ4n) is 1.98. The molecule has 0 bridgehead atoms. The minimum atomic E-state index is 0.744. The Bertz CT molecular complexity index is 748. The Morgan fingerprint density at radius 1 is 1.26 bits per heavy atom. The molecule has 2 heterocycles. The van der Waals surface area contributed by atoms with Crippen molar-refractivity contribution in [2.45, 2.75) is 13.8 Å². The number of aromatic nitrogens is 3. The van der Waals surface area contributed by atoms with Gasteiger partial charge >= 0.3 is 0 Å². The number of hydrogen-bond donors (Lipinski definition) is 1. The number of nitrogens with zero attached hydrogens (tertiary/aromatic N) is 3. The number of aryl methyl sites for hydroxylation is 2. The van der Waals surface area contributed by atoms with Crippen LogP contribution < -0.4 is 5.32 Å². The van der Waals surface area contributed by atoms with E-state index in [0.717, 1.165) is 21.8 Å². The number of fused-ring (bicyclic) bond motifs is 1. The second-order valence-electron chi connectivity index (χ2n) is 4.51. The van der Waals surface area contributed by atoms with Crippen LogP contribution in [0.3, 0.4) is 0 Å². The summed E-state index contributed by atoms with van der Waals surface area (Å²) in [6, 6.07) is 6.30. The van der Waals surface area contributed by atoms with Crippen molar-refractivity contribution in [2.75, 3.05) is 5.32 Å². The lowest BCUT2D eigenvalue weighted by atomic mass is 10.1. The third kappa shape index (κ3) is 2.33. The third-order valence-corrected chi connectivity index (χ3v) is 3.37. The van der Waals surface area contributed by atoms with Gasteiger partial charge < -0.3 is 9.72 Å². The van der Waals surface area contributed by atoms with Crippen molar-refractivity contribution in [3.8, 4) is 0 Å². The van der Waals surface area contributed by atoms with Crippen LogP contribution in [0.2, 0.25) is 0 Å². The lowest BCUT2D eigenvalue weighted by molar-refractivity contribution is 1.10. The van der Waals surface area contributed by atoms with Crippen LogP contribution in [0.4, 0.5) is 11.5 Å². The first-order valence-corrected chi connectivity index (χ1v) is 6.76. The van der Waals surface area contributed by atoms with E-state index in [1.807, 2.05) is 16.8 Å². The molecule has 3 aromatic rings. The fourth-order valence-corrected chi connectivity index (χ4v) is 2.38. The molecule has 3 rings (SSSR count). The second-order valence-corrected chi connectivity index (χ2v) is 5.33. The molecule has 4 nitrogen and oxygen atoms in total. The van der Waals surface area contributed by atoms with Crippen molar-refractivity contribution in [3.63, 3.8) is 0 Å². The predicted molar refractivity (Wildman–Crippen MR) is 79.9 cm³/mol. The van der Waals surface area contributed by atoms with E-state index in [4.69, 9.17) is 0 Å². The SMILES string of the molecule is Cc1ccc(C)c(Nc2nc(Br)cn3ccnc23)c1. The van der Waals surface area contributed by atoms with Gasteiger partial charge in [0, 0.05) is 24.3 Å². The molecule has 0 saturated carbocycles. The number of anilines is 2. The van der Waals surface area contributed by atoms with Gasteiger partial charge in [-0.25, -0.2) is 9.97 Å². The number of hydrogen-bond acceptors (Lipinski definition) is 3. The molecule has 0 atom stereocenters.